The van der Waals surface area contributed by atoms with E-state index in [-0.39, 0.29) is 6.61 Å². The second-order valence-corrected chi connectivity index (χ2v) is 8.40. The van der Waals surface area contributed by atoms with Crippen LogP contribution >= 0.6 is 0 Å². The molecular weight excluding hydrogens is 239 g/mol. The number of rotatable bonds is 0. The molecule has 1 rings (SSSR count). The maximum atomic E-state index is 10.6. The first-order chi connectivity index (χ1) is 4.05. The van der Waals surface area contributed by atoms with Crippen molar-refractivity contribution in [3.8, 4) is 0 Å². The van der Waals surface area contributed by atoms with Crippen molar-refractivity contribution in [1.29, 1.82) is 0 Å². The Hall–Kier alpha value is -0.170. The Morgan fingerprint density at radius 1 is 1.67 bits per heavy atom. The summed E-state index contributed by atoms with van der Waals surface area (Å²) in [6.07, 6.45) is 0. The number of halogens is 1. The first-order valence-corrected chi connectivity index (χ1v) is 7.46. The van der Waals surface area contributed by atoms with Crippen LogP contribution in [0.1, 0.15) is 0 Å². The predicted molar refractivity (Wildman–Crippen MR) is 24.5 cm³/mol. The van der Waals surface area contributed by atoms with E-state index in [1.165, 1.54) is 4.93 Å². The van der Waals surface area contributed by atoms with Crippen LogP contribution in [0.3, 0.4) is 0 Å². The van der Waals surface area contributed by atoms with E-state index < -0.39 is 26.6 Å². The zero-order chi connectivity index (χ0) is 7.07. The van der Waals surface area contributed by atoms with Crippen molar-refractivity contribution in [2.24, 2.45) is 0 Å². The Kier molecular flexibility index (Phi) is 1.47. The Morgan fingerprint density at radius 3 is 2.33 bits per heavy atom. The van der Waals surface area contributed by atoms with Crippen molar-refractivity contribution < 1.29 is 36.6 Å². The van der Waals surface area contributed by atoms with E-state index in [2.05, 4.69) is 4.74 Å². The van der Waals surface area contributed by atoms with Gasteiger partial charge in [0.05, 0.1) is 0 Å². The zero-order valence-corrected chi connectivity index (χ0v) is 6.91. The van der Waals surface area contributed by atoms with Crippen LogP contribution in [0.25, 0.3) is 0 Å². The minimum absolute atomic E-state index is 0.220. The summed E-state index contributed by atoms with van der Waals surface area (Å²) in [6, 6.07) is 0. The average molecular weight is 245 g/mol. The molecule has 1 unspecified atom stereocenters. The second kappa shape index (κ2) is 1.91. The minimum atomic E-state index is -3.65. The summed E-state index contributed by atoms with van der Waals surface area (Å²) in [5.74, 6) is 0. The third-order valence-corrected chi connectivity index (χ3v) is 5.69. The summed E-state index contributed by atoms with van der Waals surface area (Å²) in [4.78, 5) is 22.4. The molecule has 0 radical (unpaired) electrons. The van der Waals surface area contributed by atoms with Gasteiger partial charge in [-0.2, -0.15) is 0 Å². The summed E-state index contributed by atoms with van der Waals surface area (Å²) in [7, 11) is 0. The molecule has 0 aromatic rings. The van der Waals surface area contributed by atoms with Crippen molar-refractivity contribution in [1.82, 2.24) is 0 Å². The molecule has 0 amide bonds. The molecular formula is C4H6IO4-. The van der Waals surface area contributed by atoms with E-state index in [4.69, 9.17) is 3.44 Å². The van der Waals surface area contributed by atoms with Gasteiger partial charge in [-0.15, -0.1) is 0 Å². The first-order valence-electron chi connectivity index (χ1n) is 2.18. The monoisotopic (exact) mass is 245 g/mol. The fraction of sp³-hybridized carbons (Fsp3) is 0.500. The van der Waals surface area contributed by atoms with E-state index in [0.717, 1.165) is 0 Å². The van der Waals surface area contributed by atoms with Crippen LogP contribution in [0, 0.1) is 0 Å². The van der Waals surface area contributed by atoms with E-state index >= 15 is 0 Å². The number of alkyl halides is 1. The number of carbonyl (C=O) groups is 2. The molecule has 0 aromatic carbocycles. The maximum absolute atomic E-state index is 10.6. The van der Waals surface area contributed by atoms with Crippen molar-refractivity contribution in [2.45, 2.75) is 0 Å². The van der Waals surface area contributed by atoms with Gasteiger partial charge in [-0.1, -0.05) is 0 Å². The van der Waals surface area contributed by atoms with Crippen molar-refractivity contribution in [3.05, 3.63) is 0 Å². The molecule has 0 aliphatic carbocycles. The number of ether oxygens (including phenoxy) is 1. The topological polar surface area (TPSA) is 63.6 Å². The summed E-state index contributed by atoms with van der Waals surface area (Å²) < 4.78 is 12.3. The van der Waals surface area contributed by atoms with Gasteiger partial charge < -0.3 is 0 Å². The van der Waals surface area contributed by atoms with Gasteiger partial charge in [-0.05, 0) is 0 Å². The molecule has 54 valence electrons. The fourth-order valence-electron chi connectivity index (χ4n) is 0.412. The van der Waals surface area contributed by atoms with Gasteiger partial charge in [0.25, 0.3) is 0 Å². The Labute approximate surface area is 56.2 Å². The van der Waals surface area contributed by atoms with Crippen molar-refractivity contribution in [2.75, 3.05) is 11.5 Å². The van der Waals surface area contributed by atoms with Crippen LogP contribution in [-0.4, -0.2) is 22.7 Å². The first kappa shape index (κ1) is 6.94. The standard InChI is InChI=1S/C4H6IO4/c1-5(8)3(6)2-9-4(5)7/h8H,2H2,1H3/q-1. The van der Waals surface area contributed by atoms with Gasteiger partial charge in [-0.3, -0.25) is 0 Å². The molecule has 1 heterocycles. The summed E-state index contributed by atoms with van der Waals surface area (Å²) in [5.41, 5.74) is 0. The van der Waals surface area contributed by atoms with Crippen LogP contribution in [0.5, 0.6) is 0 Å². The second-order valence-electron chi connectivity index (χ2n) is 1.69. The van der Waals surface area contributed by atoms with Crippen molar-refractivity contribution in [3.63, 3.8) is 0 Å². The molecule has 0 bridgehead atoms. The Bertz CT molecular complexity index is 155. The van der Waals surface area contributed by atoms with Crippen LogP contribution in [0.2, 0.25) is 0 Å². The molecule has 1 aliphatic heterocycles. The Balaban J connectivity index is 2.91. The molecule has 5 heteroatoms. The van der Waals surface area contributed by atoms with Gasteiger partial charge >= 0.3 is 55.9 Å². The molecule has 1 atom stereocenters. The number of hydrogen-bond acceptors (Lipinski definition) is 4. The molecule has 0 saturated carbocycles. The summed E-state index contributed by atoms with van der Waals surface area (Å²) >= 11 is -3.65. The SMILES string of the molecule is C[I-]1(O)C(=O)COC1=O. The predicted octanol–water partition coefficient (Wildman–Crippen LogP) is -3.64. The van der Waals surface area contributed by atoms with E-state index in [1.807, 2.05) is 0 Å². The Morgan fingerprint density at radius 2 is 2.22 bits per heavy atom. The molecule has 0 spiro atoms. The number of hydrogen-bond donors (Lipinski definition) is 1. The zero-order valence-electron chi connectivity index (χ0n) is 4.76. The fourth-order valence-corrected chi connectivity index (χ4v) is 2.43. The third kappa shape index (κ3) is 0.940. The van der Waals surface area contributed by atoms with Gasteiger partial charge in [0, 0.05) is 0 Å². The van der Waals surface area contributed by atoms with Gasteiger partial charge in [-0.25, -0.2) is 0 Å². The van der Waals surface area contributed by atoms with Gasteiger partial charge in [0.15, 0.2) is 0 Å². The summed E-state index contributed by atoms with van der Waals surface area (Å²) in [5, 5.41) is 0. The van der Waals surface area contributed by atoms with Crippen LogP contribution in [0.4, 0.5) is 4.79 Å². The molecule has 1 N–H and O–H groups in total. The van der Waals surface area contributed by atoms with Crippen LogP contribution in [0.15, 0.2) is 0 Å². The van der Waals surface area contributed by atoms with Crippen LogP contribution < -0.4 is 18.8 Å². The van der Waals surface area contributed by atoms with E-state index in [1.54, 1.807) is 0 Å². The van der Waals surface area contributed by atoms with E-state index in [9.17, 15) is 9.59 Å². The molecule has 1 aliphatic rings. The third-order valence-electron chi connectivity index (χ3n) is 1.01. The van der Waals surface area contributed by atoms with Crippen molar-refractivity contribution >= 4 is 7.77 Å². The number of cyclic esters (lactones) is 1. The summed E-state index contributed by atoms with van der Waals surface area (Å²) in [6.45, 7) is -0.220. The molecule has 4 nitrogen and oxygen atoms in total. The normalized spacial score (nSPS) is 42.0. The molecule has 9 heavy (non-hydrogen) atoms. The van der Waals surface area contributed by atoms with Gasteiger partial charge in [0.1, 0.15) is 0 Å². The van der Waals surface area contributed by atoms with E-state index in [0.29, 0.717) is 0 Å². The molecule has 0 aromatic heterocycles. The molecule has 1 fully saturated rings. The van der Waals surface area contributed by atoms with Gasteiger partial charge in [0.2, 0.25) is 0 Å². The number of carbonyl (C=O) groups excluding carboxylic acids is 2. The molecule has 1 saturated heterocycles. The average Bonchev–Trinajstić information content (AvgIpc) is 1.96. The van der Waals surface area contributed by atoms with Crippen LogP contribution in [-0.2, 0) is 9.53 Å². The quantitative estimate of drug-likeness (QED) is 0.271.